The Labute approximate surface area is 144 Å². The van der Waals surface area contributed by atoms with Gasteiger partial charge in [0.1, 0.15) is 11.6 Å². The summed E-state index contributed by atoms with van der Waals surface area (Å²) in [6.45, 7) is 1.50. The molecule has 25 heavy (non-hydrogen) atoms. The molecule has 1 aliphatic rings. The van der Waals surface area contributed by atoms with Gasteiger partial charge in [-0.3, -0.25) is 0 Å². The van der Waals surface area contributed by atoms with E-state index < -0.39 is 17.5 Å². The zero-order chi connectivity index (χ0) is 17.8. The number of β-amino-alcohol motifs (C(OH)–C–C–N with tert-alkyl or cyclic N) is 1. The molecule has 1 atom stereocenters. The van der Waals surface area contributed by atoms with E-state index in [0.717, 1.165) is 42.9 Å². The quantitative estimate of drug-likeness (QED) is 0.814. The number of rotatable bonds is 5. The summed E-state index contributed by atoms with van der Waals surface area (Å²) in [5.41, 5.74) is 0.535. The molecule has 0 bridgehead atoms. The molecule has 7 heteroatoms. The molecule has 1 saturated heterocycles. The van der Waals surface area contributed by atoms with Crippen LogP contribution in [0.2, 0.25) is 0 Å². The standard InChI is InChI=1S/C18H20F3N3O/c19-15-5-6-16(20)17(21)14(15)10-22-9-12-3-1-7-23-18(12)24-8-2-4-13(25)11-24/h1,3,5-7,13,22,25H,2,4,8-11H2. The number of hydrogen-bond donors (Lipinski definition) is 2. The van der Waals surface area contributed by atoms with Crippen molar-refractivity contribution in [1.29, 1.82) is 0 Å². The molecule has 0 aliphatic carbocycles. The van der Waals surface area contributed by atoms with Gasteiger partial charge in [0.2, 0.25) is 0 Å². The van der Waals surface area contributed by atoms with Gasteiger partial charge >= 0.3 is 0 Å². The zero-order valence-electron chi connectivity index (χ0n) is 13.7. The fourth-order valence-corrected chi connectivity index (χ4v) is 3.05. The van der Waals surface area contributed by atoms with Gasteiger partial charge in [-0.25, -0.2) is 18.2 Å². The minimum Gasteiger partial charge on any atom is -0.391 e. The average Bonchev–Trinajstić information content (AvgIpc) is 2.62. The molecule has 134 valence electrons. The number of nitrogens with zero attached hydrogens (tertiary/aromatic N) is 2. The highest BCUT2D eigenvalue weighted by atomic mass is 19.2. The van der Waals surface area contributed by atoms with E-state index >= 15 is 0 Å². The van der Waals surface area contributed by atoms with Crippen molar-refractivity contribution >= 4 is 5.82 Å². The number of aliphatic hydroxyl groups excluding tert-OH is 1. The molecule has 1 aromatic heterocycles. The minimum absolute atomic E-state index is 0.133. The van der Waals surface area contributed by atoms with E-state index in [0.29, 0.717) is 13.1 Å². The molecule has 1 aromatic carbocycles. The normalized spacial score (nSPS) is 17.8. The van der Waals surface area contributed by atoms with Crippen molar-refractivity contribution in [2.75, 3.05) is 18.0 Å². The SMILES string of the molecule is OC1CCCN(c2ncccc2CNCc2c(F)ccc(F)c2F)C1. The van der Waals surface area contributed by atoms with Crippen LogP contribution in [-0.4, -0.2) is 29.3 Å². The number of hydrogen-bond acceptors (Lipinski definition) is 4. The number of halogens is 3. The van der Waals surface area contributed by atoms with Crippen LogP contribution >= 0.6 is 0 Å². The predicted molar refractivity (Wildman–Crippen MR) is 88.6 cm³/mol. The van der Waals surface area contributed by atoms with Crippen LogP contribution in [0.1, 0.15) is 24.0 Å². The number of aliphatic hydroxyl groups is 1. The lowest BCUT2D eigenvalue weighted by Gasteiger charge is -2.32. The second-order valence-electron chi connectivity index (χ2n) is 6.15. The van der Waals surface area contributed by atoms with Crippen molar-refractivity contribution in [3.8, 4) is 0 Å². The fraction of sp³-hybridized carbons (Fsp3) is 0.389. The van der Waals surface area contributed by atoms with Crippen LogP contribution in [0.15, 0.2) is 30.5 Å². The summed E-state index contributed by atoms with van der Waals surface area (Å²) in [5, 5.41) is 12.8. The molecule has 1 aliphatic heterocycles. The monoisotopic (exact) mass is 351 g/mol. The Balaban J connectivity index is 1.69. The third-order valence-corrected chi connectivity index (χ3v) is 4.32. The number of pyridine rings is 1. The number of nitrogens with one attached hydrogen (secondary N) is 1. The van der Waals surface area contributed by atoms with Gasteiger partial charge in [-0.15, -0.1) is 0 Å². The predicted octanol–water partition coefficient (Wildman–Crippen LogP) is 2.75. The third kappa shape index (κ3) is 4.11. The van der Waals surface area contributed by atoms with E-state index in [1.54, 1.807) is 12.3 Å². The van der Waals surface area contributed by atoms with Gasteiger partial charge in [0, 0.05) is 43.5 Å². The molecule has 1 unspecified atom stereocenters. The van der Waals surface area contributed by atoms with Crippen molar-refractivity contribution in [2.45, 2.75) is 32.0 Å². The summed E-state index contributed by atoms with van der Waals surface area (Å²) in [4.78, 5) is 6.39. The molecular weight excluding hydrogens is 331 g/mol. The molecule has 3 rings (SSSR count). The van der Waals surface area contributed by atoms with Crippen LogP contribution in [0.3, 0.4) is 0 Å². The molecule has 2 N–H and O–H groups in total. The first-order valence-electron chi connectivity index (χ1n) is 8.26. The largest absolute Gasteiger partial charge is 0.391 e. The molecule has 4 nitrogen and oxygen atoms in total. The minimum atomic E-state index is -1.17. The van der Waals surface area contributed by atoms with E-state index in [-0.39, 0.29) is 18.2 Å². The zero-order valence-corrected chi connectivity index (χ0v) is 13.7. The summed E-state index contributed by atoms with van der Waals surface area (Å²) in [5.74, 6) is -2.27. The maximum absolute atomic E-state index is 13.7. The Bertz CT molecular complexity index is 742. The highest BCUT2D eigenvalue weighted by molar-refractivity contribution is 5.47. The first-order chi connectivity index (χ1) is 12.1. The molecule has 2 heterocycles. The number of benzene rings is 1. The summed E-state index contributed by atoms with van der Waals surface area (Å²) < 4.78 is 40.6. The van der Waals surface area contributed by atoms with E-state index in [4.69, 9.17) is 0 Å². The Kier molecular flexibility index (Phi) is 5.55. The van der Waals surface area contributed by atoms with Gasteiger partial charge in [0.05, 0.1) is 6.10 Å². The molecule has 0 radical (unpaired) electrons. The average molecular weight is 351 g/mol. The molecule has 1 fully saturated rings. The lowest BCUT2D eigenvalue weighted by atomic mass is 10.1. The summed E-state index contributed by atoms with van der Waals surface area (Å²) in [6.07, 6.45) is 2.94. The van der Waals surface area contributed by atoms with Gasteiger partial charge in [-0.1, -0.05) is 6.07 Å². The third-order valence-electron chi connectivity index (χ3n) is 4.32. The van der Waals surface area contributed by atoms with Crippen LogP contribution in [0.4, 0.5) is 19.0 Å². The van der Waals surface area contributed by atoms with Crippen LogP contribution in [0.5, 0.6) is 0 Å². The van der Waals surface area contributed by atoms with Crippen LogP contribution in [-0.2, 0) is 13.1 Å². The first kappa shape index (κ1) is 17.7. The van der Waals surface area contributed by atoms with Gasteiger partial charge < -0.3 is 15.3 Å². The second kappa shape index (κ2) is 7.84. The summed E-state index contributed by atoms with van der Waals surface area (Å²) in [6, 6.07) is 5.34. The highest BCUT2D eigenvalue weighted by Gasteiger charge is 2.21. The maximum atomic E-state index is 13.7. The molecule has 0 saturated carbocycles. The topological polar surface area (TPSA) is 48.4 Å². The smallest absolute Gasteiger partial charge is 0.166 e. The van der Waals surface area contributed by atoms with E-state index in [2.05, 4.69) is 10.3 Å². The highest BCUT2D eigenvalue weighted by Crippen LogP contribution is 2.22. The van der Waals surface area contributed by atoms with Gasteiger partial charge in [-0.2, -0.15) is 0 Å². The van der Waals surface area contributed by atoms with Crippen LogP contribution in [0, 0.1) is 17.5 Å². The van der Waals surface area contributed by atoms with Crippen LogP contribution in [0.25, 0.3) is 0 Å². The van der Waals surface area contributed by atoms with E-state index in [1.807, 2.05) is 11.0 Å². The lowest BCUT2D eigenvalue weighted by molar-refractivity contribution is 0.154. The summed E-state index contributed by atoms with van der Waals surface area (Å²) >= 11 is 0. The van der Waals surface area contributed by atoms with Crippen molar-refractivity contribution < 1.29 is 18.3 Å². The fourth-order valence-electron chi connectivity index (χ4n) is 3.05. The Hall–Kier alpha value is -2.12. The maximum Gasteiger partial charge on any atom is 0.166 e. The van der Waals surface area contributed by atoms with Crippen LogP contribution < -0.4 is 10.2 Å². The second-order valence-corrected chi connectivity index (χ2v) is 6.15. The number of piperidine rings is 1. The lowest BCUT2D eigenvalue weighted by Crippen LogP contribution is -2.39. The number of aromatic nitrogens is 1. The van der Waals surface area contributed by atoms with Crippen molar-refractivity contribution in [3.63, 3.8) is 0 Å². The Morgan fingerprint density at radius 1 is 1.16 bits per heavy atom. The van der Waals surface area contributed by atoms with E-state index in [1.165, 1.54) is 0 Å². The Morgan fingerprint density at radius 3 is 2.76 bits per heavy atom. The summed E-state index contributed by atoms with van der Waals surface area (Å²) in [7, 11) is 0. The molecule has 0 spiro atoms. The van der Waals surface area contributed by atoms with Crippen molar-refractivity contribution in [2.24, 2.45) is 0 Å². The molecule has 0 amide bonds. The van der Waals surface area contributed by atoms with Gasteiger partial charge in [-0.05, 0) is 31.0 Å². The van der Waals surface area contributed by atoms with Crippen molar-refractivity contribution in [1.82, 2.24) is 10.3 Å². The van der Waals surface area contributed by atoms with Crippen molar-refractivity contribution in [3.05, 3.63) is 59.0 Å². The van der Waals surface area contributed by atoms with Gasteiger partial charge in [0.15, 0.2) is 11.6 Å². The molecular formula is C18H20F3N3O. The Morgan fingerprint density at radius 2 is 1.96 bits per heavy atom. The molecule has 2 aromatic rings. The van der Waals surface area contributed by atoms with E-state index in [9.17, 15) is 18.3 Å². The number of anilines is 1. The first-order valence-corrected chi connectivity index (χ1v) is 8.26. The van der Waals surface area contributed by atoms with Gasteiger partial charge in [0.25, 0.3) is 0 Å².